The third-order valence-electron chi connectivity index (χ3n) is 4.09. The molecular formula is C17H21N5O2. The van der Waals surface area contributed by atoms with Gasteiger partial charge >= 0.3 is 6.09 Å². The number of carbonyl (C=O) groups excluding carboxylic acids is 1. The van der Waals surface area contributed by atoms with Gasteiger partial charge in [0.1, 0.15) is 12.4 Å². The number of carbonyl (C=O) groups is 1. The molecule has 0 aliphatic carbocycles. The summed E-state index contributed by atoms with van der Waals surface area (Å²) in [6.07, 6.45) is 4.81. The van der Waals surface area contributed by atoms with Crippen LogP contribution < -0.4 is 10.2 Å². The Hall–Kier alpha value is -2.70. The first-order valence-electron chi connectivity index (χ1n) is 8.01. The van der Waals surface area contributed by atoms with E-state index in [9.17, 15) is 4.79 Å². The van der Waals surface area contributed by atoms with Crippen molar-refractivity contribution in [3.63, 3.8) is 0 Å². The molecule has 0 radical (unpaired) electrons. The van der Waals surface area contributed by atoms with E-state index in [-0.39, 0.29) is 24.1 Å². The van der Waals surface area contributed by atoms with Crippen LogP contribution in [0.3, 0.4) is 0 Å². The first kappa shape index (κ1) is 16.2. The van der Waals surface area contributed by atoms with Crippen molar-refractivity contribution in [2.24, 2.45) is 5.92 Å². The van der Waals surface area contributed by atoms with Crippen molar-refractivity contribution in [3.05, 3.63) is 42.4 Å². The van der Waals surface area contributed by atoms with E-state index in [1.165, 1.54) is 0 Å². The van der Waals surface area contributed by atoms with E-state index in [1.54, 1.807) is 29.6 Å². The molecule has 1 fully saturated rings. The molecule has 2 aromatic heterocycles. The first-order chi connectivity index (χ1) is 11.6. The van der Waals surface area contributed by atoms with Crippen LogP contribution in [0, 0.1) is 5.92 Å². The minimum atomic E-state index is -0.362. The molecule has 24 heavy (non-hydrogen) atoms. The van der Waals surface area contributed by atoms with Crippen LogP contribution in [0.4, 0.5) is 16.6 Å². The summed E-state index contributed by atoms with van der Waals surface area (Å²) < 4.78 is 5.18. The van der Waals surface area contributed by atoms with Gasteiger partial charge in [0.25, 0.3) is 0 Å². The molecule has 1 aliphatic rings. The van der Waals surface area contributed by atoms with Crippen molar-refractivity contribution >= 4 is 17.9 Å². The third kappa shape index (κ3) is 3.29. The number of amides is 1. The molecule has 7 heteroatoms. The van der Waals surface area contributed by atoms with E-state index in [0.717, 1.165) is 5.56 Å². The molecule has 1 unspecified atom stereocenters. The fourth-order valence-electron chi connectivity index (χ4n) is 2.65. The van der Waals surface area contributed by atoms with E-state index in [2.05, 4.69) is 34.1 Å². The van der Waals surface area contributed by atoms with E-state index in [1.807, 2.05) is 19.1 Å². The molecule has 3 heterocycles. The number of nitrogens with zero attached hydrogens (tertiary/aromatic N) is 4. The van der Waals surface area contributed by atoms with Gasteiger partial charge < -0.3 is 10.1 Å². The monoisotopic (exact) mass is 327 g/mol. The Morgan fingerprint density at radius 1 is 1.29 bits per heavy atom. The first-order valence-corrected chi connectivity index (χ1v) is 8.01. The van der Waals surface area contributed by atoms with Gasteiger partial charge in [-0.3, -0.25) is 9.88 Å². The van der Waals surface area contributed by atoms with E-state index < -0.39 is 0 Å². The highest BCUT2D eigenvalue weighted by molar-refractivity contribution is 5.89. The van der Waals surface area contributed by atoms with Crippen LogP contribution in [0.15, 0.2) is 36.8 Å². The van der Waals surface area contributed by atoms with Crippen molar-refractivity contribution in [1.29, 1.82) is 0 Å². The van der Waals surface area contributed by atoms with Crippen molar-refractivity contribution in [3.8, 4) is 0 Å². The molecular weight excluding hydrogens is 306 g/mol. The molecule has 0 bridgehead atoms. The predicted octanol–water partition coefficient (Wildman–Crippen LogP) is 3.03. The Bertz CT molecular complexity index is 707. The smallest absolute Gasteiger partial charge is 0.415 e. The summed E-state index contributed by atoms with van der Waals surface area (Å²) in [6, 6.07) is 5.58. The summed E-state index contributed by atoms with van der Waals surface area (Å²) in [5.41, 5.74) is 1.03. The molecule has 1 amide bonds. The summed E-state index contributed by atoms with van der Waals surface area (Å²) in [5, 5.41) is 3.24. The zero-order chi connectivity index (χ0) is 17.1. The SMILES string of the molecule is CC(Nc1nccc(N2C(=O)OC[C@@H]2C(C)C)n1)c1cccnc1. The highest BCUT2D eigenvalue weighted by atomic mass is 16.6. The Kier molecular flexibility index (Phi) is 4.59. The van der Waals surface area contributed by atoms with Crippen molar-refractivity contribution in [2.75, 3.05) is 16.8 Å². The van der Waals surface area contributed by atoms with Crippen LogP contribution >= 0.6 is 0 Å². The van der Waals surface area contributed by atoms with Gasteiger partial charge in [-0.25, -0.2) is 9.78 Å². The van der Waals surface area contributed by atoms with Crippen LogP contribution in [0.25, 0.3) is 0 Å². The second-order valence-electron chi connectivity index (χ2n) is 6.15. The number of anilines is 2. The molecule has 1 saturated heterocycles. The van der Waals surface area contributed by atoms with E-state index in [0.29, 0.717) is 18.4 Å². The quantitative estimate of drug-likeness (QED) is 0.909. The lowest BCUT2D eigenvalue weighted by molar-refractivity contribution is 0.177. The molecule has 0 saturated carbocycles. The predicted molar refractivity (Wildman–Crippen MR) is 90.8 cm³/mol. The molecule has 3 rings (SSSR count). The van der Waals surface area contributed by atoms with Crippen molar-refractivity contribution in [2.45, 2.75) is 32.9 Å². The van der Waals surface area contributed by atoms with E-state index >= 15 is 0 Å². The van der Waals surface area contributed by atoms with Gasteiger partial charge in [0.2, 0.25) is 5.95 Å². The standard InChI is InChI=1S/C17H21N5O2/c1-11(2)14-10-24-17(23)22(14)15-6-8-19-16(21-15)20-12(3)13-5-4-7-18-9-13/h4-9,11-12,14H,10H2,1-3H3,(H,19,20,21)/t12?,14-/m1/s1. The molecule has 126 valence electrons. The molecule has 1 N–H and O–H groups in total. The number of cyclic esters (lactones) is 1. The highest BCUT2D eigenvalue weighted by Crippen LogP contribution is 2.26. The molecule has 0 aromatic carbocycles. The second-order valence-corrected chi connectivity index (χ2v) is 6.15. The average Bonchev–Trinajstić information content (AvgIpc) is 2.98. The summed E-state index contributed by atoms with van der Waals surface area (Å²) in [6.45, 7) is 6.51. The topological polar surface area (TPSA) is 80.2 Å². The summed E-state index contributed by atoms with van der Waals surface area (Å²) in [7, 11) is 0. The van der Waals surface area contributed by atoms with Gasteiger partial charge in [0, 0.05) is 18.6 Å². The Morgan fingerprint density at radius 2 is 2.12 bits per heavy atom. The number of ether oxygens (including phenoxy) is 1. The maximum absolute atomic E-state index is 12.1. The molecule has 0 spiro atoms. The van der Waals surface area contributed by atoms with E-state index in [4.69, 9.17) is 4.74 Å². The number of aromatic nitrogens is 3. The van der Waals surface area contributed by atoms with Gasteiger partial charge in [-0.15, -0.1) is 0 Å². The summed E-state index contributed by atoms with van der Waals surface area (Å²) in [4.78, 5) is 26.5. The van der Waals surface area contributed by atoms with Crippen LogP contribution in [0.2, 0.25) is 0 Å². The van der Waals surface area contributed by atoms with Gasteiger partial charge in [-0.2, -0.15) is 4.98 Å². The molecule has 1 aliphatic heterocycles. The number of hydrogen-bond acceptors (Lipinski definition) is 6. The van der Waals surface area contributed by atoms with Gasteiger partial charge in [0.15, 0.2) is 0 Å². The summed E-state index contributed by atoms with van der Waals surface area (Å²) in [5.74, 6) is 1.29. The Morgan fingerprint density at radius 3 is 2.83 bits per heavy atom. The van der Waals surface area contributed by atoms with Crippen LogP contribution in [0.1, 0.15) is 32.4 Å². The zero-order valence-corrected chi connectivity index (χ0v) is 14.0. The molecule has 2 aromatic rings. The Balaban J connectivity index is 1.80. The molecule has 2 atom stereocenters. The minimum Gasteiger partial charge on any atom is -0.447 e. The van der Waals surface area contributed by atoms with Crippen LogP contribution in [-0.2, 0) is 4.74 Å². The third-order valence-corrected chi connectivity index (χ3v) is 4.09. The fraction of sp³-hybridized carbons (Fsp3) is 0.412. The average molecular weight is 327 g/mol. The summed E-state index contributed by atoms with van der Waals surface area (Å²) >= 11 is 0. The lowest BCUT2D eigenvalue weighted by Crippen LogP contribution is -2.37. The maximum Gasteiger partial charge on any atom is 0.415 e. The molecule has 7 nitrogen and oxygen atoms in total. The Labute approximate surface area is 141 Å². The van der Waals surface area contributed by atoms with Crippen molar-refractivity contribution in [1.82, 2.24) is 15.0 Å². The van der Waals surface area contributed by atoms with Crippen molar-refractivity contribution < 1.29 is 9.53 Å². The minimum absolute atomic E-state index is 0.000347. The number of rotatable bonds is 5. The zero-order valence-electron chi connectivity index (χ0n) is 14.0. The van der Waals surface area contributed by atoms with Crippen LogP contribution in [0.5, 0.6) is 0 Å². The fourth-order valence-corrected chi connectivity index (χ4v) is 2.65. The second kappa shape index (κ2) is 6.82. The van der Waals surface area contributed by atoms with Gasteiger partial charge in [-0.1, -0.05) is 19.9 Å². The number of pyridine rings is 1. The number of nitrogens with one attached hydrogen (secondary N) is 1. The van der Waals surface area contributed by atoms with Crippen LogP contribution in [-0.4, -0.2) is 33.7 Å². The van der Waals surface area contributed by atoms with Gasteiger partial charge in [-0.05, 0) is 30.5 Å². The highest BCUT2D eigenvalue weighted by Gasteiger charge is 2.37. The maximum atomic E-state index is 12.1. The lowest BCUT2D eigenvalue weighted by atomic mass is 10.0. The lowest BCUT2D eigenvalue weighted by Gasteiger charge is -2.23. The van der Waals surface area contributed by atoms with Gasteiger partial charge in [0.05, 0.1) is 12.1 Å². The largest absolute Gasteiger partial charge is 0.447 e. The normalized spacial score (nSPS) is 18.6. The number of hydrogen-bond donors (Lipinski definition) is 1.